The number of carbonyl (C=O) groups is 4. The molecule has 0 aliphatic heterocycles. The number of carboxylic acid groups (broad SMARTS) is 1. The molecule has 4 atom stereocenters. The molecule has 0 radical (unpaired) electrons. The van der Waals surface area contributed by atoms with Gasteiger partial charge in [-0.05, 0) is 42.9 Å². The third-order valence-corrected chi connectivity index (χ3v) is 6.24. The van der Waals surface area contributed by atoms with E-state index in [2.05, 4.69) is 30.9 Å². The zero-order valence-electron chi connectivity index (χ0n) is 23.7. The molecule has 42 heavy (non-hydrogen) atoms. The van der Waals surface area contributed by atoms with Crippen molar-refractivity contribution >= 4 is 29.7 Å². The highest BCUT2D eigenvalue weighted by atomic mass is 16.4. The first-order valence-electron chi connectivity index (χ1n) is 13.6. The Morgan fingerprint density at radius 3 is 2.14 bits per heavy atom. The molecule has 0 saturated heterocycles. The number of nitrogens with zero attached hydrogens (tertiary/aromatic N) is 2. The fourth-order valence-electron chi connectivity index (χ4n) is 4.09. The van der Waals surface area contributed by atoms with E-state index in [9.17, 15) is 29.4 Å². The molecule has 0 aliphatic rings. The van der Waals surface area contributed by atoms with E-state index in [-0.39, 0.29) is 56.3 Å². The van der Waals surface area contributed by atoms with Gasteiger partial charge in [-0.1, -0.05) is 26.0 Å². The van der Waals surface area contributed by atoms with Crippen LogP contribution < -0.4 is 33.2 Å². The number of nitrogens with two attached hydrogens (primary N) is 3. The van der Waals surface area contributed by atoms with Crippen molar-refractivity contribution in [1.29, 1.82) is 0 Å². The van der Waals surface area contributed by atoms with E-state index in [4.69, 9.17) is 17.2 Å². The summed E-state index contributed by atoms with van der Waals surface area (Å²) in [5.41, 5.74) is 17.9. The number of imidazole rings is 1. The minimum Gasteiger partial charge on any atom is -0.508 e. The van der Waals surface area contributed by atoms with Gasteiger partial charge in [0.25, 0.3) is 0 Å². The van der Waals surface area contributed by atoms with E-state index in [1.54, 1.807) is 18.3 Å². The Morgan fingerprint density at radius 2 is 1.57 bits per heavy atom. The van der Waals surface area contributed by atoms with Crippen molar-refractivity contribution in [2.45, 2.75) is 70.1 Å². The summed E-state index contributed by atoms with van der Waals surface area (Å²) in [5.74, 6) is -3.32. The molecule has 0 saturated carbocycles. The molecule has 12 N–H and O–H groups in total. The van der Waals surface area contributed by atoms with Gasteiger partial charge in [0, 0.05) is 31.3 Å². The van der Waals surface area contributed by atoms with Gasteiger partial charge in [0.2, 0.25) is 17.7 Å². The van der Waals surface area contributed by atoms with E-state index < -0.39 is 47.9 Å². The van der Waals surface area contributed by atoms with Gasteiger partial charge in [-0.15, -0.1) is 0 Å². The van der Waals surface area contributed by atoms with Gasteiger partial charge in [-0.3, -0.25) is 19.4 Å². The average molecular weight is 588 g/mol. The van der Waals surface area contributed by atoms with Crippen molar-refractivity contribution in [3.05, 3.63) is 48.0 Å². The van der Waals surface area contributed by atoms with Crippen molar-refractivity contribution in [2.24, 2.45) is 28.1 Å². The highest BCUT2D eigenvalue weighted by Crippen LogP contribution is 2.13. The molecule has 15 nitrogen and oxygen atoms in total. The maximum absolute atomic E-state index is 13.4. The Bertz CT molecular complexity index is 1200. The maximum Gasteiger partial charge on any atom is 0.326 e. The number of aromatic amines is 1. The van der Waals surface area contributed by atoms with E-state index in [0.29, 0.717) is 11.3 Å². The van der Waals surface area contributed by atoms with Crippen LogP contribution in [0.2, 0.25) is 0 Å². The second-order valence-electron chi connectivity index (χ2n) is 10.4. The lowest BCUT2D eigenvalue weighted by Gasteiger charge is -2.26. The molecule has 0 aliphatic carbocycles. The predicted molar refractivity (Wildman–Crippen MR) is 155 cm³/mol. The molecule has 1 aromatic carbocycles. The van der Waals surface area contributed by atoms with Crippen molar-refractivity contribution in [3.63, 3.8) is 0 Å². The van der Waals surface area contributed by atoms with Gasteiger partial charge < -0.3 is 48.3 Å². The molecule has 0 spiro atoms. The molecule has 15 heteroatoms. The Kier molecular flexibility index (Phi) is 13.2. The summed E-state index contributed by atoms with van der Waals surface area (Å²) in [6, 6.07) is 1.57. The number of hydrogen-bond acceptors (Lipinski definition) is 8. The molecule has 0 bridgehead atoms. The predicted octanol–water partition coefficient (Wildman–Crippen LogP) is -1.13. The number of rotatable bonds is 17. The number of amides is 3. The fourth-order valence-corrected chi connectivity index (χ4v) is 4.09. The number of aromatic nitrogens is 2. The van der Waals surface area contributed by atoms with Crippen LogP contribution in [0.15, 0.2) is 41.8 Å². The lowest BCUT2D eigenvalue weighted by atomic mass is 10.00. The van der Waals surface area contributed by atoms with Gasteiger partial charge >= 0.3 is 5.97 Å². The first kappa shape index (κ1) is 33.5. The van der Waals surface area contributed by atoms with Crippen LogP contribution in [0.4, 0.5) is 0 Å². The number of aromatic hydroxyl groups is 1. The molecular formula is C27H41N9O6. The van der Waals surface area contributed by atoms with Crippen molar-refractivity contribution in [1.82, 2.24) is 25.9 Å². The maximum atomic E-state index is 13.4. The monoisotopic (exact) mass is 587 g/mol. The molecule has 0 fully saturated rings. The van der Waals surface area contributed by atoms with Crippen LogP contribution in [0.3, 0.4) is 0 Å². The summed E-state index contributed by atoms with van der Waals surface area (Å²) in [6.07, 6.45) is 3.75. The van der Waals surface area contributed by atoms with Crippen LogP contribution in [-0.2, 0) is 32.0 Å². The molecule has 2 rings (SSSR count). The summed E-state index contributed by atoms with van der Waals surface area (Å²) in [7, 11) is 0. The van der Waals surface area contributed by atoms with Gasteiger partial charge in [0.05, 0.1) is 12.4 Å². The van der Waals surface area contributed by atoms with Crippen LogP contribution in [-0.4, -0.2) is 80.5 Å². The summed E-state index contributed by atoms with van der Waals surface area (Å²) in [4.78, 5) is 62.1. The molecule has 1 aromatic heterocycles. The number of carboxylic acids is 1. The van der Waals surface area contributed by atoms with Crippen molar-refractivity contribution < 1.29 is 29.4 Å². The molecule has 230 valence electrons. The largest absolute Gasteiger partial charge is 0.508 e. The zero-order valence-corrected chi connectivity index (χ0v) is 23.7. The number of guanidine groups is 1. The van der Waals surface area contributed by atoms with Gasteiger partial charge in [-0.25, -0.2) is 9.78 Å². The third-order valence-electron chi connectivity index (χ3n) is 6.24. The van der Waals surface area contributed by atoms with Crippen LogP contribution in [0.25, 0.3) is 0 Å². The highest BCUT2D eigenvalue weighted by Gasteiger charge is 2.31. The van der Waals surface area contributed by atoms with Crippen LogP contribution in [0, 0.1) is 5.92 Å². The normalized spacial score (nSPS) is 13.8. The van der Waals surface area contributed by atoms with Gasteiger partial charge in [0.15, 0.2) is 5.96 Å². The lowest BCUT2D eigenvalue weighted by molar-refractivity contribution is -0.142. The molecule has 3 amide bonds. The quantitative estimate of drug-likeness (QED) is 0.0610. The van der Waals surface area contributed by atoms with E-state index in [1.165, 1.54) is 18.5 Å². The summed E-state index contributed by atoms with van der Waals surface area (Å²) in [5, 5.41) is 27.1. The number of phenolic OH excluding ortho intramolecular Hbond substituents is 1. The van der Waals surface area contributed by atoms with Crippen molar-refractivity contribution in [2.75, 3.05) is 6.54 Å². The fraction of sp³-hybridized carbons (Fsp3) is 0.481. The van der Waals surface area contributed by atoms with Crippen LogP contribution >= 0.6 is 0 Å². The second kappa shape index (κ2) is 16.6. The number of phenols is 1. The standard InChI is InChI=1S/C27H41N9O6/c1-15(2)10-21(35-23(38)19(28)12-17-13-31-14-33-17)24(39)36-22(11-16-5-7-18(37)8-6-16)25(40)34-20(26(41)42)4-3-9-32-27(29)30/h5-8,13-15,19-22,37H,3-4,9-12,28H2,1-2H3,(H,31,33)(H,34,40)(H,35,38)(H,36,39)(H,41,42)(H4,29,30,32). The second-order valence-corrected chi connectivity index (χ2v) is 10.4. The smallest absolute Gasteiger partial charge is 0.326 e. The van der Waals surface area contributed by atoms with Gasteiger partial charge in [0.1, 0.15) is 23.9 Å². The highest BCUT2D eigenvalue weighted by molar-refractivity contribution is 5.94. The number of aliphatic imine (C=N–C) groups is 1. The Morgan fingerprint density at radius 1 is 0.952 bits per heavy atom. The number of H-pyrrole nitrogens is 1. The first-order chi connectivity index (χ1) is 19.8. The molecular weight excluding hydrogens is 546 g/mol. The van der Waals surface area contributed by atoms with E-state index in [0.717, 1.165) is 0 Å². The number of hydrogen-bond donors (Lipinski definition) is 9. The summed E-state index contributed by atoms with van der Waals surface area (Å²) < 4.78 is 0. The summed E-state index contributed by atoms with van der Waals surface area (Å²) in [6.45, 7) is 3.92. The Labute approximate surface area is 243 Å². The zero-order chi connectivity index (χ0) is 31.2. The number of nitrogens with one attached hydrogen (secondary N) is 4. The number of aliphatic carboxylic acids is 1. The Hall–Kier alpha value is -4.66. The first-order valence-corrected chi connectivity index (χ1v) is 13.6. The number of benzene rings is 1. The lowest BCUT2D eigenvalue weighted by Crippen LogP contribution is -2.58. The number of carbonyl (C=O) groups excluding carboxylic acids is 3. The topological polar surface area (TPSA) is 264 Å². The third kappa shape index (κ3) is 11.8. The SMILES string of the molecule is CC(C)CC(NC(=O)C(N)Cc1cnc[nH]1)C(=O)NC(Cc1ccc(O)cc1)C(=O)NC(CCCN=C(N)N)C(=O)O. The van der Waals surface area contributed by atoms with E-state index in [1.807, 2.05) is 13.8 Å². The summed E-state index contributed by atoms with van der Waals surface area (Å²) >= 11 is 0. The van der Waals surface area contributed by atoms with Gasteiger partial charge in [-0.2, -0.15) is 0 Å². The van der Waals surface area contributed by atoms with Crippen LogP contribution in [0.1, 0.15) is 44.4 Å². The minimum atomic E-state index is -1.27. The minimum absolute atomic E-state index is 0.00383. The van der Waals surface area contributed by atoms with Crippen LogP contribution in [0.5, 0.6) is 5.75 Å². The molecule has 2 aromatic rings. The van der Waals surface area contributed by atoms with Crippen molar-refractivity contribution in [3.8, 4) is 5.75 Å². The molecule has 1 heterocycles. The molecule has 4 unspecified atom stereocenters. The van der Waals surface area contributed by atoms with E-state index >= 15 is 0 Å². The average Bonchev–Trinajstić information content (AvgIpc) is 3.43. The Balaban J connectivity index is 2.20.